The third-order valence-electron chi connectivity index (χ3n) is 5.65. The molecule has 2 aliphatic heterocycles. The van der Waals surface area contributed by atoms with E-state index in [1.807, 2.05) is 23.1 Å². The zero-order valence-corrected chi connectivity index (χ0v) is 14.8. The summed E-state index contributed by atoms with van der Waals surface area (Å²) in [6.07, 6.45) is 3.46. The summed E-state index contributed by atoms with van der Waals surface area (Å²) in [4.78, 5) is 25.9. The highest BCUT2D eigenvalue weighted by molar-refractivity contribution is 5.79. The summed E-state index contributed by atoms with van der Waals surface area (Å²) >= 11 is 0. The second-order valence-corrected chi connectivity index (χ2v) is 7.09. The van der Waals surface area contributed by atoms with E-state index in [0.717, 1.165) is 24.8 Å². The molecule has 5 heteroatoms. The highest BCUT2D eigenvalue weighted by Gasteiger charge is 2.40. The summed E-state index contributed by atoms with van der Waals surface area (Å²) in [5.41, 5.74) is 2.34. The molecule has 5 nitrogen and oxygen atoms in total. The zero-order chi connectivity index (χ0) is 17.8. The number of carboxylic acids is 1. The molecule has 0 bridgehead atoms. The maximum absolute atomic E-state index is 12.6. The number of rotatable bonds is 5. The maximum atomic E-state index is 12.6. The summed E-state index contributed by atoms with van der Waals surface area (Å²) < 4.78 is 5.70. The van der Waals surface area contributed by atoms with Crippen LogP contribution >= 0.6 is 0 Å². The third kappa shape index (κ3) is 4.03. The molecule has 3 rings (SSSR count). The molecule has 0 saturated carbocycles. The van der Waals surface area contributed by atoms with E-state index in [-0.39, 0.29) is 23.8 Å². The molecular weight excluding hydrogens is 318 g/mol. The standard InChI is InChI=1S/C20H27NO4/c1-2-14-5-3-4-6-16(14)13-18(22)21-10-7-15(8-11-21)19-17(20(23)24)9-12-25-19/h3-6,15,17,19H,2,7-13H2,1H3,(H,23,24)/t17?,19-/m0/s1. The number of carboxylic acid groups (broad SMARTS) is 1. The van der Waals surface area contributed by atoms with Crippen LogP contribution in [0.1, 0.15) is 37.3 Å². The van der Waals surface area contributed by atoms with Gasteiger partial charge in [-0.2, -0.15) is 0 Å². The summed E-state index contributed by atoms with van der Waals surface area (Å²) in [7, 11) is 0. The molecule has 1 aromatic rings. The van der Waals surface area contributed by atoms with Crippen molar-refractivity contribution >= 4 is 11.9 Å². The number of carbonyl (C=O) groups is 2. The van der Waals surface area contributed by atoms with Crippen molar-refractivity contribution in [3.8, 4) is 0 Å². The fourth-order valence-electron chi connectivity index (χ4n) is 4.17. The lowest BCUT2D eigenvalue weighted by atomic mass is 9.84. The summed E-state index contributed by atoms with van der Waals surface area (Å²) in [5, 5.41) is 9.32. The predicted molar refractivity (Wildman–Crippen MR) is 94.3 cm³/mol. The highest BCUT2D eigenvalue weighted by atomic mass is 16.5. The largest absolute Gasteiger partial charge is 0.481 e. The molecule has 0 spiro atoms. The first-order valence-corrected chi connectivity index (χ1v) is 9.29. The van der Waals surface area contributed by atoms with Crippen LogP contribution in [-0.4, -0.2) is 47.7 Å². The molecule has 2 fully saturated rings. The Bertz CT molecular complexity index is 622. The summed E-state index contributed by atoms with van der Waals surface area (Å²) in [6, 6.07) is 8.11. The minimum absolute atomic E-state index is 0.168. The molecule has 2 atom stereocenters. The number of nitrogens with zero attached hydrogens (tertiary/aromatic N) is 1. The number of hydrogen-bond acceptors (Lipinski definition) is 3. The van der Waals surface area contributed by atoms with Gasteiger partial charge in [-0.3, -0.25) is 9.59 Å². The normalized spacial score (nSPS) is 24.4. The Morgan fingerprint density at radius 3 is 2.48 bits per heavy atom. The van der Waals surface area contributed by atoms with Crippen LogP contribution in [0.3, 0.4) is 0 Å². The van der Waals surface area contributed by atoms with Crippen LogP contribution in [0.5, 0.6) is 0 Å². The molecule has 2 aliphatic rings. The van der Waals surface area contributed by atoms with Crippen molar-refractivity contribution in [3.05, 3.63) is 35.4 Å². The van der Waals surface area contributed by atoms with Crippen molar-refractivity contribution in [1.29, 1.82) is 0 Å². The van der Waals surface area contributed by atoms with E-state index in [1.165, 1.54) is 5.56 Å². The first-order chi connectivity index (χ1) is 12.1. The molecule has 1 N–H and O–H groups in total. The Kier molecular flexibility index (Phi) is 5.74. The van der Waals surface area contributed by atoms with Crippen LogP contribution in [0, 0.1) is 11.8 Å². The molecule has 2 saturated heterocycles. The topological polar surface area (TPSA) is 66.8 Å². The number of amides is 1. The molecule has 2 heterocycles. The number of piperidine rings is 1. The molecule has 0 radical (unpaired) electrons. The maximum Gasteiger partial charge on any atom is 0.309 e. The molecule has 0 aliphatic carbocycles. The molecule has 0 aromatic heterocycles. The fraction of sp³-hybridized carbons (Fsp3) is 0.600. The van der Waals surface area contributed by atoms with Crippen LogP contribution in [0.2, 0.25) is 0 Å². The summed E-state index contributed by atoms with van der Waals surface area (Å²) in [5.74, 6) is -0.724. The van der Waals surface area contributed by atoms with Crippen molar-refractivity contribution in [1.82, 2.24) is 4.90 Å². The molecule has 25 heavy (non-hydrogen) atoms. The van der Waals surface area contributed by atoms with Crippen molar-refractivity contribution in [3.63, 3.8) is 0 Å². The van der Waals surface area contributed by atoms with Gasteiger partial charge < -0.3 is 14.7 Å². The minimum atomic E-state index is -0.753. The van der Waals surface area contributed by atoms with Gasteiger partial charge in [-0.05, 0) is 42.7 Å². The van der Waals surface area contributed by atoms with Crippen LogP contribution < -0.4 is 0 Å². The lowest BCUT2D eigenvalue weighted by molar-refractivity contribution is -0.145. The number of hydrogen-bond donors (Lipinski definition) is 1. The Hall–Kier alpha value is -1.88. The Morgan fingerprint density at radius 2 is 1.84 bits per heavy atom. The average Bonchev–Trinajstić information content (AvgIpc) is 3.12. The molecule has 1 aromatic carbocycles. The van der Waals surface area contributed by atoms with E-state index < -0.39 is 5.97 Å². The van der Waals surface area contributed by atoms with E-state index in [0.29, 0.717) is 32.5 Å². The van der Waals surface area contributed by atoms with Gasteiger partial charge in [0, 0.05) is 19.7 Å². The molecule has 1 amide bonds. The number of likely N-dealkylation sites (tertiary alicyclic amines) is 1. The number of carbonyl (C=O) groups excluding carboxylic acids is 1. The Morgan fingerprint density at radius 1 is 1.16 bits per heavy atom. The quantitative estimate of drug-likeness (QED) is 0.890. The van der Waals surface area contributed by atoms with Crippen molar-refractivity contribution in [2.75, 3.05) is 19.7 Å². The number of aryl methyl sites for hydroxylation is 1. The molecule has 1 unspecified atom stereocenters. The number of aliphatic carboxylic acids is 1. The van der Waals surface area contributed by atoms with Gasteiger partial charge in [0.2, 0.25) is 5.91 Å². The monoisotopic (exact) mass is 345 g/mol. The van der Waals surface area contributed by atoms with E-state index in [9.17, 15) is 14.7 Å². The van der Waals surface area contributed by atoms with E-state index in [4.69, 9.17) is 4.74 Å². The van der Waals surface area contributed by atoms with Gasteiger partial charge >= 0.3 is 5.97 Å². The SMILES string of the molecule is CCc1ccccc1CC(=O)N1CCC([C@@H]2OCCC2C(=O)O)CC1. The fourth-order valence-corrected chi connectivity index (χ4v) is 4.17. The van der Waals surface area contributed by atoms with Gasteiger partial charge in [0.25, 0.3) is 0 Å². The Balaban J connectivity index is 1.55. The first-order valence-electron chi connectivity index (χ1n) is 9.29. The van der Waals surface area contributed by atoms with E-state index in [1.54, 1.807) is 0 Å². The van der Waals surface area contributed by atoms with Crippen LogP contribution in [0.15, 0.2) is 24.3 Å². The highest BCUT2D eigenvalue weighted by Crippen LogP contribution is 2.33. The number of benzene rings is 1. The minimum Gasteiger partial charge on any atom is -0.481 e. The van der Waals surface area contributed by atoms with Crippen LogP contribution in [0.4, 0.5) is 0 Å². The third-order valence-corrected chi connectivity index (χ3v) is 5.65. The van der Waals surface area contributed by atoms with Gasteiger partial charge in [0.15, 0.2) is 0 Å². The van der Waals surface area contributed by atoms with Gasteiger partial charge in [-0.25, -0.2) is 0 Å². The first kappa shape index (κ1) is 17.9. The second kappa shape index (κ2) is 8.00. The van der Waals surface area contributed by atoms with Gasteiger partial charge in [0.05, 0.1) is 18.4 Å². The predicted octanol–water partition coefficient (Wildman–Crippen LogP) is 2.52. The van der Waals surface area contributed by atoms with Gasteiger partial charge in [0.1, 0.15) is 0 Å². The number of ether oxygens (including phenoxy) is 1. The van der Waals surface area contributed by atoms with Crippen molar-refractivity contribution < 1.29 is 19.4 Å². The second-order valence-electron chi connectivity index (χ2n) is 7.09. The lowest BCUT2D eigenvalue weighted by Crippen LogP contribution is -2.43. The van der Waals surface area contributed by atoms with Gasteiger partial charge in [-0.15, -0.1) is 0 Å². The average molecular weight is 345 g/mol. The van der Waals surface area contributed by atoms with E-state index in [2.05, 4.69) is 13.0 Å². The van der Waals surface area contributed by atoms with Gasteiger partial charge in [-0.1, -0.05) is 31.2 Å². The van der Waals surface area contributed by atoms with Crippen molar-refractivity contribution in [2.45, 2.75) is 45.1 Å². The molecular formula is C20H27NO4. The van der Waals surface area contributed by atoms with Crippen molar-refractivity contribution in [2.24, 2.45) is 11.8 Å². The Labute approximate surface area is 149 Å². The van der Waals surface area contributed by atoms with E-state index >= 15 is 0 Å². The van der Waals surface area contributed by atoms with Crippen LogP contribution in [0.25, 0.3) is 0 Å². The molecule has 136 valence electrons. The summed E-state index contributed by atoms with van der Waals surface area (Å²) in [6.45, 7) is 4.04. The zero-order valence-electron chi connectivity index (χ0n) is 14.8. The van der Waals surface area contributed by atoms with Crippen LogP contribution in [-0.2, 0) is 27.2 Å². The lowest BCUT2D eigenvalue weighted by Gasteiger charge is -2.35. The smallest absolute Gasteiger partial charge is 0.309 e.